The number of sulfone groups is 1. The van der Waals surface area contributed by atoms with Gasteiger partial charge in [-0.1, -0.05) is 24.3 Å². The Balaban J connectivity index is 1.58. The van der Waals surface area contributed by atoms with Crippen molar-refractivity contribution < 1.29 is 13.5 Å². The molecule has 0 aliphatic carbocycles. The van der Waals surface area contributed by atoms with E-state index in [1.54, 1.807) is 35.6 Å². The average molecular weight is 366 g/mol. The Hall–Kier alpha value is -1.21. The first-order valence-corrected chi connectivity index (χ1v) is 10.8. The molecule has 2 atom stereocenters. The molecule has 0 radical (unpaired) electrons. The second kappa shape index (κ2) is 7.78. The minimum absolute atomic E-state index is 0.128. The smallest absolute Gasteiger partial charge is 0.179 e. The van der Waals surface area contributed by atoms with Gasteiger partial charge in [0, 0.05) is 17.5 Å². The van der Waals surface area contributed by atoms with E-state index in [4.69, 9.17) is 0 Å². The van der Waals surface area contributed by atoms with Gasteiger partial charge >= 0.3 is 0 Å². The SMILES string of the molecule is O=S(=O)(CCN1CCCC1CC(O)c1cccs1)c1ccccc1. The molecule has 1 fully saturated rings. The molecule has 6 heteroatoms. The van der Waals surface area contributed by atoms with Gasteiger partial charge in [0.05, 0.1) is 16.8 Å². The molecule has 1 aromatic heterocycles. The van der Waals surface area contributed by atoms with Gasteiger partial charge in [0.25, 0.3) is 0 Å². The zero-order valence-corrected chi connectivity index (χ0v) is 15.2. The highest BCUT2D eigenvalue weighted by Gasteiger charge is 2.28. The number of thiophene rings is 1. The lowest BCUT2D eigenvalue weighted by Crippen LogP contribution is -2.34. The van der Waals surface area contributed by atoms with Gasteiger partial charge in [0.1, 0.15) is 0 Å². The third-order valence-corrected chi connectivity index (χ3v) is 7.30. The standard InChI is InChI=1S/C18H23NO3S2/c20-17(18-9-5-12-23-18)14-15-6-4-10-19(15)11-13-24(21,22)16-7-2-1-3-8-16/h1-3,5,7-9,12,15,17,20H,4,6,10-11,13-14H2. The van der Waals surface area contributed by atoms with Crippen LogP contribution in [0.2, 0.25) is 0 Å². The summed E-state index contributed by atoms with van der Waals surface area (Å²) in [6.07, 6.45) is 2.30. The molecular weight excluding hydrogens is 342 g/mol. The molecule has 2 aromatic rings. The number of hydrogen-bond donors (Lipinski definition) is 1. The Kier molecular flexibility index (Phi) is 5.71. The van der Waals surface area contributed by atoms with Crippen LogP contribution in [0.4, 0.5) is 0 Å². The fraction of sp³-hybridized carbons (Fsp3) is 0.444. The zero-order chi connectivity index (χ0) is 17.0. The van der Waals surface area contributed by atoms with Crippen LogP contribution in [-0.2, 0) is 9.84 Å². The van der Waals surface area contributed by atoms with Crippen LogP contribution in [0, 0.1) is 0 Å². The monoisotopic (exact) mass is 365 g/mol. The number of nitrogens with zero attached hydrogens (tertiary/aromatic N) is 1. The minimum Gasteiger partial charge on any atom is -0.388 e. The van der Waals surface area contributed by atoms with Gasteiger partial charge in [-0.3, -0.25) is 4.90 Å². The molecule has 2 unspecified atom stereocenters. The lowest BCUT2D eigenvalue weighted by atomic mass is 10.1. The van der Waals surface area contributed by atoms with E-state index in [2.05, 4.69) is 4.90 Å². The number of benzene rings is 1. The first kappa shape index (κ1) is 17.6. The van der Waals surface area contributed by atoms with Gasteiger partial charge in [-0.25, -0.2) is 8.42 Å². The van der Waals surface area contributed by atoms with Gasteiger partial charge in [-0.2, -0.15) is 0 Å². The summed E-state index contributed by atoms with van der Waals surface area (Å²) in [5.74, 6) is 0.128. The molecule has 1 saturated heterocycles. The molecule has 0 bridgehead atoms. The first-order chi connectivity index (χ1) is 11.6. The third-order valence-electron chi connectivity index (χ3n) is 4.62. The highest BCUT2D eigenvalue weighted by atomic mass is 32.2. The first-order valence-electron chi connectivity index (χ1n) is 8.29. The molecule has 0 amide bonds. The number of hydrogen-bond acceptors (Lipinski definition) is 5. The van der Waals surface area contributed by atoms with E-state index in [-0.39, 0.29) is 11.8 Å². The predicted molar refractivity (Wildman–Crippen MR) is 97.0 cm³/mol. The van der Waals surface area contributed by atoms with E-state index in [1.807, 2.05) is 23.6 Å². The maximum Gasteiger partial charge on any atom is 0.179 e. The second-order valence-corrected chi connectivity index (χ2v) is 9.32. The van der Waals surface area contributed by atoms with Crippen LogP contribution in [-0.4, -0.2) is 43.3 Å². The molecule has 24 heavy (non-hydrogen) atoms. The number of aliphatic hydroxyl groups is 1. The molecule has 130 valence electrons. The van der Waals surface area contributed by atoms with Gasteiger partial charge in [0.15, 0.2) is 9.84 Å². The summed E-state index contributed by atoms with van der Waals surface area (Å²) in [4.78, 5) is 3.59. The van der Waals surface area contributed by atoms with Gasteiger partial charge in [0.2, 0.25) is 0 Å². The highest BCUT2D eigenvalue weighted by molar-refractivity contribution is 7.91. The van der Waals surface area contributed by atoms with Crippen LogP contribution in [0.1, 0.15) is 30.2 Å². The fourth-order valence-corrected chi connectivity index (χ4v) is 5.30. The molecule has 2 heterocycles. The van der Waals surface area contributed by atoms with Gasteiger partial charge in [-0.05, 0) is 49.4 Å². The quantitative estimate of drug-likeness (QED) is 0.819. The van der Waals surface area contributed by atoms with Crippen molar-refractivity contribution in [3.05, 3.63) is 52.7 Å². The topological polar surface area (TPSA) is 57.6 Å². The van der Waals surface area contributed by atoms with E-state index in [1.165, 1.54) is 0 Å². The Morgan fingerprint density at radius 3 is 2.71 bits per heavy atom. The number of rotatable bonds is 7. The van der Waals surface area contributed by atoms with Crippen molar-refractivity contribution in [3.8, 4) is 0 Å². The van der Waals surface area contributed by atoms with Crippen molar-refractivity contribution in [2.75, 3.05) is 18.8 Å². The number of likely N-dealkylation sites (tertiary alicyclic amines) is 1. The molecule has 1 aliphatic heterocycles. The predicted octanol–water partition coefficient (Wildman–Crippen LogP) is 3.11. The normalized spacial score (nSPS) is 20.3. The second-order valence-electron chi connectivity index (χ2n) is 6.23. The van der Waals surface area contributed by atoms with E-state index >= 15 is 0 Å². The summed E-state index contributed by atoms with van der Waals surface area (Å²) in [5, 5.41) is 12.3. The highest BCUT2D eigenvalue weighted by Crippen LogP contribution is 2.29. The van der Waals surface area contributed by atoms with Crippen LogP contribution < -0.4 is 0 Å². The van der Waals surface area contributed by atoms with Crippen molar-refractivity contribution in [1.82, 2.24) is 4.90 Å². The van der Waals surface area contributed by atoms with E-state index in [0.29, 0.717) is 17.9 Å². The molecule has 4 nitrogen and oxygen atoms in total. The Labute approximate surface area is 147 Å². The maximum absolute atomic E-state index is 12.4. The Morgan fingerprint density at radius 2 is 2.00 bits per heavy atom. The molecule has 0 saturated carbocycles. The van der Waals surface area contributed by atoms with E-state index < -0.39 is 15.9 Å². The number of aliphatic hydroxyl groups excluding tert-OH is 1. The maximum atomic E-state index is 12.4. The van der Waals surface area contributed by atoms with Crippen LogP contribution >= 0.6 is 11.3 Å². The Bertz CT molecular complexity index is 729. The van der Waals surface area contributed by atoms with E-state index in [0.717, 1.165) is 24.3 Å². The summed E-state index contributed by atoms with van der Waals surface area (Å²) >= 11 is 1.57. The van der Waals surface area contributed by atoms with Crippen molar-refractivity contribution in [3.63, 3.8) is 0 Å². The van der Waals surface area contributed by atoms with Gasteiger partial charge in [-0.15, -0.1) is 11.3 Å². The van der Waals surface area contributed by atoms with Crippen LogP contribution in [0.15, 0.2) is 52.7 Å². The lowest BCUT2D eigenvalue weighted by molar-refractivity contribution is 0.126. The van der Waals surface area contributed by atoms with Crippen molar-refractivity contribution >= 4 is 21.2 Å². The molecule has 3 rings (SSSR count). The van der Waals surface area contributed by atoms with Crippen molar-refractivity contribution in [2.45, 2.75) is 36.3 Å². The van der Waals surface area contributed by atoms with Crippen LogP contribution in [0.5, 0.6) is 0 Å². The summed E-state index contributed by atoms with van der Waals surface area (Å²) in [5.41, 5.74) is 0. The van der Waals surface area contributed by atoms with E-state index in [9.17, 15) is 13.5 Å². The summed E-state index contributed by atoms with van der Waals surface area (Å²) in [7, 11) is -3.24. The van der Waals surface area contributed by atoms with Crippen LogP contribution in [0.3, 0.4) is 0 Å². The molecular formula is C18H23NO3S2. The van der Waals surface area contributed by atoms with Crippen molar-refractivity contribution in [1.29, 1.82) is 0 Å². The molecule has 1 aliphatic rings. The molecule has 1 aromatic carbocycles. The summed E-state index contributed by atoms with van der Waals surface area (Å²) in [6.45, 7) is 1.44. The zero-order valence-electron chi connectivity index (χ0n) is 13.5. The Morgan fingerprint density at radius 1 is 1.21 bits per heavy atom. The fourth-order valence-electron chi connectivity index (χ4n) is 3.29. The summed E-state index contributed by atoms with van der Waals surface area (Å²) in [6, 6.07) is 12.8. The minimum atomic E-state index is -3.24. The lowest BCUT2D eigenvalue weighted by Gasteiger charge is -2.26. The summed E-state index contributed by atoms with van der Waals surface area (Å²) < 4.78 is 24.9. The largest absolute Gasteiger partial charge is 0.388 e. The third kappa shape index (κ3) is 4.25. The molecule has 1 N–H and O–H groups in total. The average Bonchev–Trinajstić information content (AvgIpc) is 3.26. The van der Waals surface area contributed by atoms with Crippen molar-refractivity contribution in [2.24, 2.45) is 0 Å². The molecule has 0 spiro atoms. The van der Waals surface area contributed by atoms with Crippen LogP contribution in [0.25, 0.3) is 0 Å². The van der Waals surface area contributed by atoms with Gasteiger partial charge < -0.3 is 5.11 Å².